The fraction of sp³-hybridized carbons (Fsp3) is 0.400. The lowest BCUT2D eigenvalue weighted by molar-refractivity contribution is -0.130. The highest BCUT2D eigenvalue weighted by atomic mass is 16.2. The number of benzene rings is 2. The van der Waals surface area contributed by atoms with Gasteiger partial charge in [-0.15, -0.1) is 0 Å². The summed E-state index contributed by atoms with van der Waals surface area (Å²) in [7, 11) is 0. The second kappa shape index (κ2) is 8.05. The van der Waals surface area contributed by atoms with E-state index in [9.17, 15) is 14.4 Å². The van der Waals surface area contributed by atoms with Crippen molar-refractivity contribution in [2.24, 2.45) is 0 Å². The van der Waals surface area contributed by atoms with E-state index in [-0.39, 0.29) is 12.3 Å². The van der Waals surface area contributed by atoms with Crippen LogP contribution in [0.2, 0.25) is 0 Å². The number of Topliss-reactive ketones (excluding diaryl/α,β-unsaturated/α-hetero) is 1. The Bertz CT molecular complexity index is 1020. The number of rotatable bonds is 6. The summed E-state index contributed by atoms with van der Waals surface area (Å²) >= 11 is 0. The van der Waals surface area contributed by atoms with Crippen LogP contribution in [0, 0.1) is 27.7 Å². The molecule has 1 unspecified atom stereocenters. The van der Waals surface area contributed by atoms with Crippen LogP contribution < -0.4 is 5.32 Å². The largest absolute Gasteiger partial charge is 0.325 e. The van der Waals surface area contributed by atoms with Gasteiger partial charge in [0.1, 0.15) is 5.54 Å². The van der Waals surface area contributed by atoms with Crippen LogP contribution in [0.3, 0.4) is 0 Å². The molecule has 30 heavy (non-hydrogen) atoms. The number of nitrogens with zero attached hydrogens (tertiary/aromatic N) is 1. The lowest BCUT2D eigenvalue weighted by atomic mass is 9.90. The summed E-state index contributed by atoms with van der Waals surface area (Å²) in [6.45, 7) is 11.4. The van der Waals surface area contributed by atoms with E-state index in [0.29, 0.717) is 11.1 Å². The van der Waals surface area contributed by atoms with Gasteiger partial charge in [0.25, 0.3) is 5.91 Å². The van der Waals surface area contributed by atoms with E-state index in [1.165, 1.54) is 5.56 Å². The molecule has 5 heteroatoms. The maximum atomic E-state index is 13.2. The normalized spacial score (nSPS) is 18.7. The molecule has 1 saturated heterocycles. The molecule has 0 aromatic heterocycles. The van der Waals surface area contributed by atoms with Gasteiger partial charge in [-0.3, -0.25) is 14.5 Å². The van der Waals surface area contributed by atoms with Crippen molar-refractivity contribution in [2.45, 2.75) is 59.9 Å². The molecule has 0 saturated carbocycles. The molecule has 1 heterocycles. The predicted octanol–water partition coefficient (Wildman–Crippen LogP) is 4.52. The zero-order valence-corrected chi connectivity index (χ0v) is 18.7. The minimum absolute atomic E-state index is 0.232. The van der Waals surface area contributed by atoms with Gasteiger partial charge in [0, 0.05) is 5.56 Å². The second-order valence-corrected chi connectivity index (χ2v) is 8.43. The highest BCUT2D eigenvalue weighted by Crippen LogP contribution is 2.30. The van der Waals surface area contributed by atoms with Gasteiger partial charge in [0.2, 0.25) is 0 Å². The lowest BCUT2D eigenvalue weighted by Crippen LogP contribution is -2.41. The quantitative estimate of drug-likeness (QED) is 0.566. The monoisotopic (exact) mass is 406 g/mol. The van der Waals surface area contributed by atoms with Gasteiger partial charge in [0.05, 0.1) is 6.54 Å². The highest BCUT2D eigenvalue weighted by molar-refractivity contribution is 6.11. The van der Waals surface area contributed by atoms with E-state index in [2.05, 4.69) is 12.2 Å². The molecule has 1 atom stereocenters. The number of nitrogens with one attached hydrogen (secondary N) is 1. The molecular formula is C25H30N2O3. The van der Waals surface area contributed by atoms with Gasteiger partial charge in [0.15, 0.2) is 5.78 Å². The first-order valence-corrected chi connectivity index (χ1v) is 10.4. The molecule has 1 aliphatic rings. The van der Waals surface area contributed by atoms with Crippen molar-refractivity contribution in [2.75, 3.05) is 6.54 Å². The second-order valence-electron chi connectivity index (χ2n) is 8.43. The van der Waals surface area contributed by atoms with Crippen LogP contribution in [-0.2, 0) is 16.8 Å². The molecule has 3 rings (SSSR count). The number of ketones is 1. The lowest BCUT2D eigenvalue weighted by Gasteiger charge is -2.22. The standard InChI is InChI=1S/C25H30N2O3/c1-7-8-19-9-11-20(12-10-19)25(6)23(29)27(24(30)26-25)14-22(28)21-13-15(2)16(3)17(4)18(21)5/h9-13H,7-8,14H2,1-6H3,(H,26,30). The highest BCUT2D eigenvalue weighted by Gasteiger charge is 2.49. The average Bonchev–Trinajstić information content (AvgIpc) is 2.93. The number of urea groups is 1. The van der Waals surface area contributed by atoms with Crippen molar-refractivity contribution in [3.05, 3.63) is 69.3 Å². The minimum atomic E-state index is -1.17. The molecule has 0 spiro atoms. The first-order chi connectivity index (χ1) is 14.1. The third kappa shape index (κ3) is 3.64. The molecule has 0 bridgehead atoms. The van der Waals surface area contributed by atoms with E-state index in [1.54, 1.807) is 6.92 Å². The van der Waals surface area contributed by atoms with Gasteiger partial charge < -0.3 is 5.32 Å². The number of amides is 3. The Labute approximate surface area is 178 Å². The molecule has 2 aromatic carbocycles. The van der Waals surface area contributed by atoms with Crippen molar-refractivity contribution in [1.29, 1.82) is 0 Å². The Morgan fingerprint density at radius 2 is 1.63 bits per heavy atom. The summed E-state index contributed by atoms with van der Waals surface area (Å²) < 4.78 is 0. The Balaban J connectivity index is 1.85. The van der Waals surface area contributed by atoms with E-state index in [1.807, 2.05) is 58.0 Å². The zero-order valence-electron chi connectivity index (χ0n) is 18.7. The fourth-order valence-corrected chi connectivity index (χ4v) is 4.06. The van der Waals surface area contributed by atoms with Crippen molar-refractivity contribution in [3.63, 3.8) is 0 Å². The van der Waals surface area contributed by atoms with Crippen LogP contribution in [0.5, 0.6) is 0 Å². The Morgan fingerprint density at radius 3 is 2.23 bits per heavy atom. The summed E-state index contributed by atoms with van der Waals surface area (Å²) in [5, 5.41) is 2.79. The molecular weight excluding hydrogens is 376 g/mol. The molecule has 5 nitrogen and oxygen atoms in total. The molecule has 158 valence electrons. The SMILES string of the molecule is CCCc1ccc(C2(C)NC(=O)N(CC(=O)c3cc(C)c(C)c(C)c3C)C2=O)cc1. The van der Waals surface area contributed by atoms with Gasteiger partial charge in [-0.25, -0.2) is 4.79 Å². The molecule has 1 N–H and O–H groups in total. The summed E-state index contributed by atoms with van der Waals surface area (Å²) in [5.74, 6) is -0.632. The van der Waals surface area contributed by atoms with Gasteiger partial charge in [-0.1, -0.05) is 37.6 Å². The van der Waals surface area contributed by atoms with E-state index < -0.39 is 17.5 Å². The predicted molar refractivity (Wildman–Crippen MR) is 118 cm³/mol. The van der Waals surface area contributed by atoms with Crippen LogP contribution >= 0.6 is 0 Å². The topological polar surface area (TPSA) is 66.5 Å². The number of aryl methyl sites for hydroxylation is 2. The number of hydrogen-bond acceptors (Lipinski definition) is 3. The average molecular weight is 407 g/mol. The van der Waals surface area contributed by atoms with E-state index in [0.717, 1.165) is 40.0 Å². The van der Waals surface area contributed by atoms with Gasteiger partial charge in [-0.2, -0.15) is 0 Å². The minimum Gasteiger partial charge on any atom is -0.319 e. The number of imide groups is 1. The molecule has 1 fully saturated rings. The van der Waals surface area contributed by atoms with Crippen LogP contribution in [0.25, 0.3) is 0 Å². The van der Waals surface area contributed by atoms with Gasteiger partial charge in [-0.05, 0) is 80.5 Å². The fourth-order valence-electron chi connectivity index (χ4n) is 4.06. The first kappa shape index (κ1) is 21.8. The van der Waals surface area contributed by atoms with Gasteiger partial charge >= 0.3 is 6.03 Å². The summed E-state index contributed by atoms with van der Waals surface area (Å²) in [6, 6.07) is 9.05. The first-order valence-electron chi connectivity index (χ1n) is 10.4. The molecule has 2 aromatic rings. The smallest absolute Gasteiger partial charge is 0.319 e. The maximum Gasteiger partial charge on any atom is 0.325 e. The summed E-state index contributed by atoms with van der Waals surface area (Å²) in [5.41, 5.74) is 5.43. The molecule has 0 radical (unpaired) electrons. The van der Waals surface area contributed by atoms with E-state index in [4.69, 9.17) is 0 Å². The van der Waals surface area contributed by atoms with Crippen LogP contribution in [-0.4, -0.2) is 29.2 Å². The maximum absolute atomic E-state index is 13.2. The third-order valence-electron chi connectivity index (χ3n) is 6.43. The molecule has 3 amide bonds. The molecule has 0 aliphatic carbocycles. The van der Waals surface area contributed by atoms with Crippen LogP contribution in [0.1, 0.15) is 64.0 Å². The van der Waals surface area contributed by atoms with Crippen LogP contribution in [0.4, 0.5) is 4.79 Å². The van der Waals surface area contributed by atoms with Crippen molar-refractivity contribution < 1.29 is 14.4 Å². The van der Waals surface area contributed by atoms with E-state index >= 15 is 0 Å². The van der Waals surface area contributed by atoms with Crippen molar-refractivity contribution >= 4 is 17.7 Å². The zero-order chi connectivity index (χ0) is 22.2. The Kier molecular flexibility index (Phi) is 5.84. The molecule has 1 aliphatic heterocycles. The Hall–Kier alpha value is -2.95. The number of carbonyl (C=O) groups is 3. The van der Waals surface area contributed by atoms with Crippen molar-refractivity contribution in [3.8, 4) is 0 Å². The third-order valence-corrected chi connectivity index (χ3v) is 6.43. The van der Waals surface area contributed by atoms with Crippen LogP contribution in [0.15, 0.2) is 30.3 Å². The summed E-state index contributed by atoms with van der Waals surface area (Å²) in [4.78, 5) is 39.9. The number of carbonyl (C=O) groups excluding carboxylic acids is 3. The Morgan fingerprint density at radius 1 is 1.00 bits per heavy atom. The van der Waals surface area contributed by atoms with Crippen molar-refractivity contribution in [1.82, 2.24) is 10.2 Å². The summed E-state index contributed by atoms with van der Waals surface area (Å²) in [6.07, 6.45) is 2.01. The number of hydrogen-bond donors (Lipinski definition) is 1.